The van der Waals surface area contributed by atoms with Gasteiger partial charge in [0.2, 0.25) is 21.8 Å². The van der Waals surface area contributed by atoms with Gasteiger partial charge < -0.3 is 14.7 Å². The summed E-state index contributed by atoms with van der Waals surface area (Å²) in [4.78, 5) is 0. The molecule has 2 aromatic rings. The largest absolute Gasteiger partial charge is 0.726 e. The lowest BCUT2D eigenvalue weighted by atomic mass is 9.82. The summed E-state index contributed by atoms with van der Waals surface area (Å²) in [5.74, 6) is 0.866. The Kier molecular flexibility index (Phi) is 7.12. The number of rotatable bonds is 5. The molecule has 0 aliphatic carbocycles. The predicted molar refractivity (Wildman–Crippen MR) is 111 cm³/mol. The van der Waals surface area contributed by atoms with Crippen molar-refractivity contribution in [1.29, 1.82) is 0 Å². The van der Waals surface area contributed by atoms with Crippen molar-refractivity contribution in [2.24, 2.45) is 5.10 Å². The number of fused-ring (bicyclic) bond motifs is 1. The van der Waals surface area contributed by atoms with Crippen LogP contribution in [0.1, 0.15) is 25.0 Å². The van der Waals surface area contributed by atoms with E-state index in [0.29, 0.717) is 6.54 Å². The third-order valence-corrected chi connectivity index (χ3v) is 4.66. The number of hydrogen-bond donors (Lipinski definition) is 2. The second kappa shape index (κ2) is 9.17. The summed E-state index contributed by atoms with van der Waals surface area (Å²) in [5.41, 5.74) is 8.03. The molecule has 0 aromatic heterocycles. The van der Waals surface area contributed by atoms with Crippen LogP contribution in [0.2, 0.25) is 0 Å². The minimum Gasteiger partial charge on any atom is -0.726 e. The van der Waals surface area contributed by atoms with Crippen LogP contribution in [0.3, 0.4) is 0 Å². The number of methoxy groups -OCH3 is 1. The van der Waals surface area contributed by atoms with Crippen LogP contribution in [0, 0.1) is 0 Å². The van der Waals surface area contributed by atoms with Crippen LogP contribution < -0.4 is 10.2 Å². The first-order valence-corrected chi connectivity index (χ1v) is 10.2. The average Bonchev–Trinajstić information content (AvgIpc) is 2.85. The van der Waals surface area contributed by atoms with Crippen molar-refractivity contribution in [2.75, 3.05) is 14.2 Å². The normalized spacial score (nSPS) is 15.0. The molecule has 0 radical (unpaired) electrons. The number of nitrogens with zero attached hydrogens (tertiary/aromatic N) is 2. The SMILES string of the molecule is COc1ccc(CN/N=C/C2=[N+](C)c3ccccc3C2(C)C)cc1.O=S(=O)([O-])O. The van der Waals surface area contributed by atoms with Gasteiger partial charge in [-0.15, -0.1) is 0 Å². The molecule has 9 heteroatoms. The molecule has 8 nitrogen and oxygen atoms in total. The lowest BCUT2D eigenvalue weighted by Gasteiger charge is -2.14. The Balaban J connectivity index is 0.000000537. The number of hydrazone groups is 1. The van der Waals surface area contributed by atoms with Crippen LogP contribution in [0.25, 0.3) is 0 Å². The minimum atomic E-state index is -4.92. The molecular weight excluding hydrogens is 394 g/mol. The van der Waals surface area contributed by atoms with Crippen LogP contribution in [0.5, 0.6) is 5.75 Å². The fraction of sp³-hybridized carbons (Fsp3) is 0.300. The molecule has 0 atom stereocenters. The van der Waals surface area contributed by atoms with Gasteiger partial charge >= 0.3 is 0 Å². The second-order valence-corrected chi connectivity index (χ2v) is 7.81. The summed E-state index contributed by atoms with van der Waals surface area (Å²) in [7, 11) is -1.15. The molecule has 0 bridgehead atoms. The van der Waals surface area contributed by atoms with Gasteiger partial charge in [0.25, 0.3) is 0 Å². The Morgan fingerprint density at radius 1 is 1.21 bits per heavy atom. The highest BCUT2D eigenvalue weighted by atomic mass is 32.3. The summed E-state index contributed by atoms with van der Waals surface area (Å²) in [5, 5.41) is 4.44. The molecule has 1 aliphatic rings. The van der Waals surface area contributed by atoms with Crippen LogP contribution in [-0.2, 0) is 22.4 Å². The van der Waals surface area contributed by atoms with Gasteiger partial charge in [0.05, 0.1) is 19.1 Å². The van der Waals surface area contributed by atoms with Crippen LogP contribution in [-0.4, -0.2) is 48.2 Å². The highest BCUT2D eigenvalue weighted by Gasteiger charge is 2.43. The van der Waals surface area contributed by atoms with E-state index in [2.05, 4.69) is 60.3 Å². The van der Waals surface area contributed by atoms with Crippen molar-refractivity contribution >= 4 is 28.0 Å². The Morgan fingerprint density at radius 2 is 1.79 bits per heavy atom. The Bertz CT molecular complexity index is 1000. The summed E-state index contributed by atoms with van der Waals surface area (Å²) in [6.45, 7) is 5.16. The molecule has 0 spiro atoms. The molecule has 29 heavy (non-hydrogen) atoms. The molecule has 156 valence electrons. The van der Waals surface area contributed by atoms with Crippen molar-refractivity contribution in [3.05, 3.63) is 59.7 Å². The molecule has 0 fully saturated rings. The van der Waals surface area contributed by atoms with E-state index in [4.69, 9.17) is 22.3 Å². The van der Waals surface area contributed by atoms with Gasteiger partial charge in [0.1, 0.15) is 19.0 Å². The Morgan fingerprint density at radius 3 is 2.34 bits per heavy atom. The fourth-order valence-corrected chi connectivity index (χ4v) is 3.22. The first kappa shape index (κ1) is 22.5. The Labute approximate surface area is 171 Å². The van der Waals surface area contributed by atoms with E-state index in [0.717, 1.165) is 5.75 Å². The van der Waals surface area contributed by atoms with Crippen molar-refractivity contribution in [3.63, 3.8) is 0 Å². The average molecular weight is 420 g/mol. The van der Waals surface area contributed by atoms with Crippen LogP contribution in [0.4, 0.5) is 5.69 Å². The lowest BCUT2D eigenvalue weighted by molar-refractivity contribution is -0.400. The molecule has 3 rings (SSSR count). The molecule has 0 unspecified atom stereocenters. The van der Waals surface area contributed by atoms with Crippen molar-refractivity contribution in [1.82, 2.24) is 5.43 Å². The summed E-state index contributed by atoms with van der Waals surface area (Å²) in [6.07, 6.45) is 1.93. The monoisotopic (exact) mass is 419 g/mol. The second-order valence-electron chi connectivity index (χ2n) is 6.96. The highest BCUT2D eigenvalue weighted by Crippen LogP contribution is 2.37. The van der Waals surface area contributed by atoms with E-state index >= 15 is 0 Å². The topological polar surface area (TPSA) is 114 Å². The maximum Gasteiger partial charge on any atom is 0.215 e. The molecule has 2 aromatic carbocycles. The maximum absolute atomic E-state index is 8.63. The van der Waals surface area contributed by atoms with Crippen molar-refractivity contribution in [2.45, 2.75) is 25.8 Å². The Hall–Kier alpha value is -2.75. The van der Waals surface area contributed by atoms with Crippen LogP contribution >= 0.6 is 0 Å². The molecule has 0 saturated carbocycles. The molecule has 0 saturated heterocycles. The van der Waals surface area contributed by atoms with Crippen molar-refractivity contribution < 1.29 is 26.8 Å². The van der Waals surface area contributed by atoms with Gasteiger partial charge in [0.15, 0.2) is 0 Å². The maximum atomic E-state index is 8.63. The summed E-state index contributed by atoms with van der Waals surface area (Å²) in [6, 6.07) is 16.5. The van der Waals surface area contributed by atoms with Gasteiger partial charge in [-0.25, -0.2) is 8.42 Å². The third kappa shape index (κ3) is 6.11. The van der Waals surface area contributed by atoms with Gasteiger partial charge in [-0.05, 0) is 31.5 Å². The molecule has 1 aliphatic heterocycles. The predicted octanol–water partition coefficient (Wildman–Crippen LogP) is 2.48. The molecule has 1 heterocycles. The first-order valence-electron chi connectivity index (χ1n) is 8.82. The zero-order chi connectivity index (χ0) is 21.7. The number of nitrogens with one attached hydrogen (secondary N) is 1. The number of ether oxygens (including phenoxy) is 1. The first-order chi connectivity index (χ1) is 13.5. The minimum absolute atomic E-state index is 0.0450. The number of hydrogen-bond acceptors (Lipinski definition) is 6. The van der Waals surface area contributed by atoms with Crippen LogP contribution in [0.15, 0.2) is 53.6 Å². The molecular formula is C20H25N3O5S. The molecule has 2 N–H and O–H groups in total. The number of para-hydroxylation sites is 1. The quantitative estimate of drug-likeness (QED) is 0.253. The fourth-order valence-electron chi connectivity index (χ4n) is 3.22. The van der Waals surface area contributed by atoms with Gasteiger partial charge in [-0.2, -0.15) is 9.68 Å². The lowest BCUT2D eigenvalue weighted by Crippen LogP contribution is -2.30. The van der Waals surface area contributed by atoms with Crippen molar-refractivity contribution in [3.8, 4) is 5.75 Å². The molecule has 0 amide bonds. The van der Waals surface area contributed by atoms with Gasteiger partial charge in [-0.3, -0.25) is 4.55 Å². The van der Waals surface area contributed by atoms with E-state index in [9.17, 15) is 0 Å². The van der Waals surface area contributed by atoms with E-state index in [1.165, 1.54) is 22.5 Å². The zero-order valence-electron chi connectivity index (χ0n) is 16.8. The summed E-state index contributed by atoms with van der Waals surface area (Å²) < 4.78 is 40.2. The zero-order valence-corrected chi connectivity index (χ0v) is 17.6. The number of benzene rings is 2. The standard InChI is InChI=1S/C20H23N3O.H2O4S/c1-20(2)17-7-5-6-8-18(17)23(3)19(20)14-22-21-13-15-9-11-16(24-4)12-10-15;1-5(2,3)4/h5-12,14H,13H2,1-4H3;(H2,1,2,3,4). The van der Waals surface area contributed by atoms with Gasteiger partial charge in [-0.1, -0.05) is 30.3 Å². The third-order valence-electron chi connectivity index (χ3n) is 4.66. The summed E-state index contributed by atoms with van der Waals surface area (Å²) >= 11 is 0. The highest BCUT2D eigenvalue weighted by molar-refractivity contribution is 7.79. The van der Waals surface area contributed by atoms with E-state index in [-0.39, 0.29) is 5.41 Å². The smallest absolute Gasteiger partial charge is 0.215 e. The van der Waals surface area contributed by atoms with E-state index < -0.39 is 10.4 Å². The van der Waals surface area contributed by atoms with E-state index in [1.54, 1.807) is 7.11 Å². The van der Waals surface area contributed by atoms with Gasteiger partial charge in [0, 0.05) is 11.6 Å². The van der Waals surface area contributed by atoms with E-state index in [1.807, 2.05) is 30.5 Å².